The van der Waals surface area contributed by atoms with E-state index in [0.29, 0.717) is 0 Å². The fraction of sp³-hybridized carbons (Fsp3) is 0.875. The average molecular weight is 240 g/mol. The summed E-state index contributed by atoms with van der Waals surface area (Å²) in [5.41, 5.74) is 0. The molecule has 0 aliphatic carbocycles. The second-order valence-electron chi connectivity index (χ2n) is 5.02. The van der Waals surface area contributed by atoms with Crippen LogP contribution in [0.4, 0.5) is 0 Å². The van der Waals surface area contributed by atoms with Crippen molar-refractivity contribution in [3.63, 3.8) is 0 Å². The van der Waals surface area contributed by atoms with E-state index >= 15 is 0 Å². The van der Waals surface area contributed by atoms with Crippen LogP contribution < -0.4 is 0 Å². The lowest BCUT2D eigenvalue weighted by molar-refractivity contribution is 0.161. The zero-order chi connectivity index (χ0) is 12.8. The zero-order valence-corrected chi connectivity index (χ0v) is 12.0. The quantitative estimate of drug-likeness (QED) is 0.365. The lowest BCUT2D eigenvalue weighted by Gasteiger charge is -2.03. The SMILES string of the molecule is CCCCCCCCC/C=C/CCC(O)CC. The minimum atomic E-state index is -0.0989. The molecule has 0 saturated carbocycles. The molecule has 0 aliphatic rings. The molecule has 102 valence electrons. The first-order valence-corrected chi connectivity index (χ1v) is 7.64. The molecule has 1 heteroatoms. The number of aliphatic hydroxyl groups is 1. The van der Waals surface area contributed by atoms with Gasteiger partial charge in [-0.05, 0) is 32.1 Å². The Morgan fingerprint density at radius 2 is 1.41 bits per heavy atom. The minimum Gasteiger partial charge on any atom is -0.393 e. The number of unbranched alkanes of at least 4 members (excludes halogenated alkanes) is 7. The van der Waals surface area contributed by atoms with Crippen LogP contribution in [0.15, 0.2) is 12.2 Å². The van der Waals surface area contributed by atoms with Crippen molar-refractivity contribution in [2.45, 2.75) is 90.6 Å². The lowest BCUT2D eigenvalue weighted by atomic mass is 10.1. The summed E-state index contributed by atoms with van der Waals surface area (Å²) in [6.45, 7) is 4.30. The van der Waals surface area contributed by atoms with Crippen LogP contribution in [0.5, 0.6) is 0 Å². The number of hydrogen-bond donors (Lipinski definition) is 1. The van der Waals surface area contributed by atoms with E-state index in [2.05, 4.69) is 19.1 Å². The monoisotopic (exact) mass is 240 g/mol. The molecule has 0 aromatic carbocycles. The molecule has 1 atom stereocenters. The number of aliphatic hydroxyl groups excluding tert-OH is 1. The summed E-state index contributed by atoms with van der Waals surface area (Å²) >= 11 is 0. The first-order chi connectivity index (χ1) is 8.31. The second kappa shape index (κ2) is 13.8. The smallest absolute Gasteiger partial charge is 0.0540 e. The molecular formula is C16H32O. The number of hydrogen-bond acceptors (Lipinski definition) is 1. The van der Waals surface area contributed by atoms with E-state index in [1.165, 1.54) is 51.4 Å². The summed E-state index contributed by atoms with van der Waals surface area (Å²) in [4.78, 5) is 0. The van der Waals surface area contributed by atoms with E-state index < -0.39 is 0 Å². The van der Waals surface area contributed by atoms with Crippen LogP contribution in [-0.2, 0) is 0 Å². The van der Waals surface area contributed by atoms with E-state index in [0.717, 1.165) is 19.3 Å². The van der Waals surface area contributed by atoms with Crippen molar-refractivity contribution in [2.75, 3.05) is 0 Å². The maximum Gasteiger partial charge on any atom is 0.0540 e. The van der Waals surface area contributed by atoms with Gasteiger partial charge in [0, 0.05) is 0 Å². The third-order valence-corrected chi connectivity index (χ3v) is 3.28. The van der Waals surface area contributed by atoms with Crippen LogP contribution >= 0.6 is 0 Å². The number of allylic oxidation sites excluding steroid dienone is 2. The van der Waals surface area contributed by atoms with Gasteiger partial charge in [-0.1, -0.05) is 64.5 Å². The second-order valence-corrected chi connectivity index (χ2v) is 5.02. The minimum absolute atomic E-state index is 0.0989. The fourth-order valence-electron chi connectivity index (χ4n) is 1.95. The molecule has 0 aromatic rings. The molecule has 0 aromatic heterocycles. The summed E-state index contributed by atoms with van der Waals surface area (Å²) in [5, 5.41) is 9.37. The maximum absolute atomic E-state index is 9.37. The Hall–Kier alpha value is -0.300. The molecule has 0 saturated heterocycles. The molecule has 0 amide bonds. The van der Waals surface area contributed by atoms with Gasteiger partial charge < -0.3 is 5.11 Å². The Morgan fingerprint density at radius 3 is 2.06 bits per heavy atom. The molecular weight excluding hydrogens is 208 g/mol. The highest BCUT2D eigenvalue weighted by Crippen LogP contribution is 2.09. The van der Waals surface area contributed by atoms with E-state index in [1.807, 2.05) is 6.92 Å². The van der Waals surface area contributed by atoms with E-state index in [1.54, 1.807) is 0 Å². The van der Waals surface area contributed by atoms with Crippen molar-refractivity contribution < 1.29 is 5.11 Å². The predicted octanol–water partition coefficient (Wildman–Crippen LogP) is 5.23. The Bertz CT molecular complexity index is 163. The van der Waals surface area contributed by atoms with Gasteiger partial charge in [0.05, 0.1) is 6.10 Å². The van der Waals surface area contributed by atoms with E-state index in [4.69, 9.17) is 0 Å². The number of rotatable bonds is 12. The van der Waals surface area contributed by atoms with Crippen LogP contribution in [-0.4, -0.2) is 11.2 Å². The molecule has 0 fully saturated rings. The van der Waals surface area contributed by atoms with Gasteiger partial charge in [-0.25, -0.2) is 0 Å². The summed E-state index contributed by atoms with van der Waals surface area (Å²) in [6, 6.07) is 0. The predicted molar refractivity (Wildman–Crippen MR) is 77.3 cm³/mol. The summed E-state index contributed by atoms with van der Waals surface area (Å²) in [7, 11) is 0. The summed E-state index contributed by atoms with van der Waals surface area (Å²) in [5.74, 6) is 0. The van der Waals surface area contributed by atoms with Gasteiger partial charge in [0.25, 0.3) is 0 Å². The first-order valence-electron chi connectivity index (χ1n) is 7.64. The van der Waals surface area contributed by atoms with Crippen molar-refractivity contribution >= 4 is 0 Å². The van der Waals surface area contributed by atoms with E-state index in [-0.39, 0.29) is 6.10 Å². The molecule has 0 radical (unpaired) electrons. The van der Waals surface area contributed by atoms with Crippen molar-refractivity contribution in [1.82, 2.24) is 0 Å². The topological polar surface area (TPSA) is 20.2 Å². The largest absolute Gasteiger partial charge is 0.393 e. The van der Waals surface area contributed by atoms with E-state index in [9.17, 15) is 5.11 Å². The van der Waals surface area contributed by atoms with Gasteiger partial charge in [0.15, 0.2) is 0 Å². The van der Waals surface area contributed by atoms with Crippen molar-refractivity contribution in [1.29, 1.82) is 0 Å². The van der Waals surface area contributed by atoms with Crippen molar-refractivity contribution in [3.05, 3.63) is 12.2 Å². The Labute approximate surface area is 108 Å². The lowest BCUT2D eigenvalue weighted by Crippen LogP contribution is -2.02. The maximum atomic E-state index is 9.37. The highest BCUT2D eigenvalue weighted by Gasteiger charge is 1.96. The van der Waals surface area contributed by atoms with Crippen LogP contribution in [0.2, 0.25) is 0 Å². The average Bonchev–Trinajstić information content (AvgIpc) is 2.35. The molecule has 1 nitrogen and oxygen atoms in total. The van der Waals surface area contributed by atoms with Crippen LogP contribution in [0.3, 0.4) is 0 Å². The molecule has 17 heavy (non-hydrogen) atoms. The summed E-state index contributed by atoms with van der Waals surface area (Å²) < 4.78 is 0. The van der Waals surface area contributed by atoms with Gasteiger partial charge in [-0.2, -0.15) is 0 Å². The van der Waals surface area contributed by atoms with Crippen LogP contribution in [0.25, 0.3) is 0 Å². The Balaban J connectivity index is 3.09. The van der Waals surface area contributed by atoms with Crippen molar-refractivity contribution in [2.24, 2.45) is 0 Å². The van der Waals surface area contributed by atoms with Gasteiger partial charge >= 0.3 is 0 Å². The van der Waals surface area contributed by atoms with Crippen LogP contribution in [0.1, 0.15) is 84.5 Å². The van der Waals surface area contributed by atoms with Gasteiger partial charge in [-0.3, -0.25) is 0 Å². The fourth-order valence-corrected chi connectivity index (χ4v) is 1.95. The third kappa shape index (κ3) is 13.6. The summed E-state index contributed by atoms with van der Waals surface area (Å²) in [6.07, 6.45) is 18.2. The molecule has 0 heterocycles. The first kappa shape index (κ1) is 16.7. The molecule has 0 rings (SSSR count). The van der Waals surface area contributed by atoms with Gasteiger partial charge in [0.2, 0.25) is 0 Å². The zero-order valence-electron chi connectivity index (χ0n) is 12.0. The highest BCUT2D eigenvalue weighted by molar-refractivity contribution is 4.82. The van der Waals surface area contributed by atoms with Gasteiger partial charge in [-0.15, -0.1) is 0 Å². The van der Waals surface area contributed by atoms with Crippen molar-refractivity contribution in [3.8, 4) is 0 Å². The molecule has 1 unspecified atom stereocenters. The Morgan fingerprint density at radius 1 is 0.824 bits per heavy atom. The standard InChI is InChI=1S/C16H32O/c1-3-5-6-7-8-9-10-11-12-13-14-15-16(17)4-2/h12-13,16-17H,3-11,14-15H2,1-2H3/b13-12+. The highest BCUT2D eigenvalue weighted by atomic mass is 16.3. The van der Waals surface area contributed by atoms with Gasteiger partial charge in [0.1, 0.15) is 0 Å². The Kier molecular flexibility index (Phi) is 13.5. The van der Waals surface area contributed by atoms with Crippen LogP contribution in [0, 0.1) is 0 Å². The molecule has 0 aliphatic heterocycles. The normalized spacial score (nSPS) is 13.4. The molecule has 0 spiro atoms. The molecule has 0 bridgehead atoms. The molecule has 1 N–H and O–H groups in total. The third-order valence-electron chi connectivity index (χ3n) is 3.28.